The summed E-state index contributed by atoms with van der Waals surface area (Å²) < 4.78 is 7.54. The van der Waals surface area contributed by atoms with Crippen molar-refractivity contribution in [2.45, 2.75) is 0 Å². The number of amides is 1. The minimum Gasteiger partial charge on any atom is -0.438 e. The molecule has 0 fully saturated rings. The molecule has 140 valence electrons. The number of nitriles is 1. The maximum atomic E-state index is 12.3. The van der Waals surface area contributed by atoms with Crippen molar-refractivity contribution >= 4 is 11.6 Å². The van der Waals surface area contributed by atoms with Gasteiger partial charge in [-0.15, -0.1) is 10.2 Å². The van der Waals surface area contributed by atoms with E-state index >= 15 is 0 Å². The Labute approximate surface area is 166 Å². The van der Waals surface area contributed by atoms with E-state index in [9.17, 15) is 4.79 Å². The zero-order chi connectivity index (χ0) is 20.1. The molecule has 4 rings (SSSR count). The molecule has 2 heterocycles. The van der Waals surface area contributed by atoms with Crippen LogP contribution in [0.2, 0.25) is 0 Å². The molecule has 2 aromatic heterocycles. The predicted octanol–water partition coefficient (Wildman–Crippen LogP) is 4.18. The quantitative estimate of drug-likeness (QED) is 0.560. The topological polar surface area (TPSA) is 92.8 Å². The number of carbonyl (C=O) groups is 1. The molecule has 0 unspecified atom stereocenters. The van der Waals surface area contributed by atoms with Crippen LogP contribution in [-0.4, -0.2) is 20.7 Å². The number of benzene rings is 2. The van der Waals surface area contributed by atoms with Gasteiger partial charge in [-0.25, -0.2) is 0 Å². The maximum absolute atomic E-state index is 12.3. The summed E-state index contributed by atoms with van der Waals surface area (Å²) in [5.74, 6) is 1.39. The van der Waals surface area contributed by atoms with Gasteiger partial charge in [-0.1, -0.05) is 0 Å². The van der Waals surface area contributed by atoms with E-state index in [1.807, 2.05) is 41.2 Å². The molecule has 0 bridgehead atoms. The molecule has 1 amide bonds. The highest BCUT2D eigenvalue weighted by atomic mass is 16.5. The predicted molar refractivity (Wildman–Crippen MR) is 107 cm³/mol. The number of aromatic nitrogens is 3. The van der Waals surface area contributed by atoms with Crippen molar-refractivity contribution in [2.75, 3.05) is 5.32 Å². The summed E-state index contributed by atoms with van der Waals surface area (Å²) in [7, 11) is 0. The number of hydrogen-bond acceptors (Lipinski definition) is 5. The third-order valence-electron chi connectivity index (χ3n) is 4.11. The van der Waals surface area contributed by atoms with E-state index in [1.54, 1.807) is 54.6 Å². The molecule has 0 aliphatic heterocycles. The summed E-state index contributed by atoms with van der Waals surface area (Å²) in [6.07, 6.45) is 3.77. The summed E-state index contributed by atoms with van der Waals surface area (Å²) in [4.78, 5) is 12.3. The van der Waals surface area contributed by atoms with Crippen LogP contribution in [0.15, 0.2) is 85.2 Å². The van der Waals surface area contributed by atoms with Gasteiger partial charge in [0.2, 0.25) is 5.88 Å². The summed E-state index contributed by atoms with van der Waals surface area (Å²) >= 11 is 0. The van der Waals surface area contributed by atoms with Crippen LogP contribution in [0.1, 0.15) is 15.9 Å². The first-order valence-electron chi connectivity index (χ1n) is 8.78. The first kappa shape index (κ1) is 17.9. The lowest BCUT2D eigenvalue weighted by atomic mass is 10.1. The van der Waals surface area contributed by atoms with Crippen molar-refractivity contribution in [3.8, 4) is 23.5 Å². The second-order valence-electron chi connectivity index (χ2n) is 6.09. The summed E-state index contributed by atoms with van der Waals surface area (Å²) in [6, 6.07) is 22.8. The monoisotopic (exact) mass is 381 g/mol. The Morgan fingerprint density at radius 3 is 2.28 bits per heavy atom. The van der Waals surface area contributed by atoms with Crippen LogP contribution in [0.5, 0.6) is 11.6 Å². The molecule has 0 aliphatic rings. The van der Waals surface area contributed by atoms with Crippen molar-refractivity contribution in [3.05, 3.63) is 96.3 Å². The number of carbonyl (C=O) groups excluding carboxylic acids is 1. The van der Waals surface area contributed by atoms with Gasteiger partial charge in [-0.05, 0) is 66.7 Å². The zero-order valence-electron chi connectivity index (χ0n) is 15.2. The molecule has 2 aromatic carbocycles. The number of nitrogens with zero attached hydrogens (tertiary/aromatic N) is 4. The van der Waals surface area contributed by atoms with Crippen LogP contribution < -0.4 is 10.1 Å². The van der Waals surface area contributed by atoms with Crippen LogP contribution >= 0.6 is 0 Å². The molecule has 0 aliphatic carbocycles. The molecule has 0 radical (unpaired) electrons. The van der Waals surface area contributed by atoms with Gasteiger partial charge in [0.05, 0.1) is 11.6 Å². The van der Waals surface area contributed by atoms with Gasteiger partial charge >= 0.3 is 0 Å². The summed E-state index contributed by atoms with van der Waals surface area (Å²) in [6.45, 7) is 0. The van der Waals surface area contributed by atoms with Crippen LogP contribution in [0.3, 0.4) is 0 Å². The molecule has 7 heteroatoms. The van der Waals surface area contributed by atoms with Gasteiger partial charge in [-0.3, -0.25) is 4.79 Å². The van der Waals surface area contributed by atoms with Gasteiger partial charge in [0, 0.05) is 29.7 Å². The van der Waals surface area contributed by atoms with E-state index in [1.165, 1.54) is 0 Å². The summed E-state index contributed by atoms with van der Waals surface area (Å²) in [5.41, 5.74) is 1.61. The SMILES string of the molecule is N#Cc1ccc(C(=O)Nc2ccc(Oc3ccc(-n4cccc4)nn3)cc2)cc1. The Morgan fingerprint density at radius 1 is 0.931 bits per heavy atom. The van der Waals surface area contributed by atoms with E-state index in [0.29, 0.717) is 34.3 Å². The normalized spacial score (nSPS) is 10.2. The minimum absolute atomic E-state index is 0.255. The Morgan fingerprint density at radius 2 is 1.66 bits per heavy atom. The molecule has 1 N–H and O–H groups in total. The second kappa shape index (κ2) is 8.06. The van der Waals surface area contributed by atoms with Gasteiger partial charge in [-0.2, -0.15) is 5.26 Å². The van der Waals surface area contributed by atoms with Gasteiger partial charge in [0.1, 0.15) is 5.75 Å². The number of rotatable bonds is 5. The third-order valence-corrected chi connectivity index (χ3v) is 4.11. The molecule has 7 nitrogen and oxygen atoms in total. The fourth-order valence-corrected chi connectivity index (χ4v) is 2.62. The molecule has 0 saturated heterocycles. The van der Waals surface area contributed by atoms with Crippen LogP contribution in [-0.2, 0) is 0 Å². The van der Waals surface area contributed by atoms with E-state index in [-0.39, 0.29) is 5.91 Å². The first-order valence-corrected chi connectivity index (χ1v) is 8.78. The Bertz CT molecular complexity index is 1140. The second-order valence-corrected chi connectivity index (χ2v) is 6.09. The van der Waals surface area contributed by atoms with Crippen molar-refractivity contribution in [1.82, 2.24) is 14.8 Å². The average Bonchev–Trinajstić information content (AvgIpc) is 3.31. The lowest BCUT2D eigenvalue weighted by Crippen LogP contribution is -2.11. The number of hydrogen-bond donors (Lipinski definition) is 1. The molecule has 0 spiro atoms. The van der Waals surface area contributed by atoms with Crippen LogP contribution in [0, 0.1) is 11.3 Å². The lowest BCUT2D eigenvalue weighted by molar-refractivity contribution is 0.102. The molecule has 4 aromatic rings. The average molecular weight is 381 g/mol. The van der Waals surface area contributed by atoms with E-state index < -0.39 is 0 Å². The van der Waals surface area contributed by atoms with Crippen LogP contribution in [0.4, 0.5) is 5.69 Å². The third kappa shape index (κ3) is 4.28. The van der Waals surface area contributed by atoms with Crippen molar-refractivity contribution in [3.63, 3.8) is 0 Å². The highest BCUT2D eigenvalue weighted by molar-refractivity contribution is 6.04. The van der Waals surface area contributed by atoms with Crippen molar-refractivity contribution in [1.29, 1.82) is 5.26 Å². The maximum Gasteiger partial charge on any atom is 0.255 e. The Balaban J connectivity index is 1.38. The molecular weight excluding hydrogens is 366 g/mol. The minimum atomic E-state index is -0.255. The Kier molecular flexibility index (Phi) is 4.99. The van der Waals surface area contributed by atoms with Crippen LogP contribution in [0.25, 0.3) is 5.82 Å². The number of anilines is 1. The van der Waals surface area contributed by atoms with Crippen molar-refractivity contribution < 1.29 is 9.53 Å². The zero-order valence-corrected chi connectivity index (χ0v) is 15.2. The highest BCUT2D eigenvalue weighted by Gasteiger charge is 2.07. The molecule has 0 atom stereocenters. The standard InChI is InChI=1S/C22H15N5O2/c23-15-16-3-5-17(6-4-16)22(28)24-18-7-9-19(10-8-18)29-21-12-11-20(25-26-21)27-13-1-2-14-27/h1-14H,(H,24,28). The lowest BCUT2D eigenvalue weighted by Gasteiger charge is -2.08. The Hall–Kier alpha value is -4.44. The van der Waals surface area contributed by atoms with Crippen molar-refractivity contribution in [2.24, 2.45) is 0 Å². The van der Waals surface area contributed by atoms with Gasteiger partial charge in [0.15, 0.2) is 5.82 Å². The molecule has 0 saturated carbocycles. The largest absolute Gasteiger partial charge is 0.438 e. The van der Waals surface area contributed by atoms with E-state index in [4.69, 9.17) is 10.00 Å². The van der Waals surface area contributed by atoms with Gasteiger partial charge < -0.3 is 14.6 Å². The number of nitrogens with one attached hydrogen (secondary N) is 1. The van der Waals surface area contributed by atoms with Gasteiger partial charge in [0.25, 0.3) is 5.91 Å². The smallest absolute Gasteiger partial charge is 0.255 e. The van der Waals surface area contributed by atoms with E-state index in [2.05, 4.69) is 15.5 Å². The van der Waals surface area contributed by atoms with E-state index in [0.717, 1.165) is 0 Å². The molecule has 29 heavy (non-hydrogen) atoms. The highest BCUT2D eigenvalue weighted by Crippen LogP contribution is 2.22. The fraction of sp³-hybridized carbons (Fsp3) is 0. The first-order chi connectivity index (χ1) is 14.2. The number of ether oxygens (including phenoxy) is 1. The fourth-order valence-electron chi connectivity index (χ4n) is 2.62. The molecular formula is C22H15N5O2. The summed E-state index contributed by atoms with van der Waals surface area (Å²) in [5, 5.41) is 19.8.